The van der Waals surface area contributed by atoms with E-state index in [0.717, 1.165) is 11.3 Å². The van der Waals surface area contributed by atoms with Crippen LogP contribution in [0.4, 0.5) is 0 Å². The number of ether oxygens (including phenoxy) is 2. The minimum atomic E-state index is -1.87. The van der Waals surface area contributed by atoms with E-state index in [-0.39, 0.29) is 17.6 Å². The summed E-state index contributed by atoms with van der Waals surface area (Å²) in [6.45, 7) is 15.9. The standard InChI is InChI=1S/C22H40O5Si/c1-17(15-27-28(7,8)21(2,3)4)22(5,13-19(24)14-23)26-16-18-9-11-20(25-6)12-10-18/h9-12,17,19,23-24H,13-16H2,1-8H3/t17-,19-,22+/m0/s1. The first kappa shape index (κ1) is 25.1. The smallest absolute Gasteiger partial charge is 0.191 e. The Morgan fingerprint density at radius 3 is 2.11 bits per heavy atom. The molecule has 5 nitrogen and oxygen atoms in total. The van der Waals surface area contributed by atoms with Crippen LogP contribution in [0.1, 0.15) is 46.6 Å². The molecule has 0 aromatic heterocycles. The lowest BCUT2D eigenvalue weighted by Crippen LogP contribution is -2.47. The van der Waals surface area contributed by atoms with Crippen LogP contribution in [-0.2, 0) is 15.8 Å². The Hall–Kier alpha value is -0.923. The van der Waals surface area contributed by atoms with E-state index in [4.69, 9.17) is 13.9 Å². The van der Waals surface area contributed by atoms with Gasteiger partial charge in [-0.05, 0) is 42.8 Å². The Morgan fingerprint density at radius 2 is 1.64 bits per heavy atom. The predicted molar refractivity (Wildman–Crippen MR) is 116 cm³/mol. The molecule has 0 saturated heterocycles. The van der Waals surface area contributed by atoms with Crippen molar-refractivity contribution in [3.8, 4) is 5.75 Å². The second-order valence-electron chi connectivity index (χ2n) is 9.46. The van der Waals surface area contributed by atoms with Crippen LogP contribution in [0.3, 0.4) is 0 Å². The lowest BCUT2D eigenvalue weighted by Gasteiger charge is -2.41. The van der Waals surface area contributed by atoms with Crippen molar-refractivity contribution in [2.24, 2.45) is 5.92 Å². The second-order valence-corrected chi connectivity index (χ2v) is 14.3. The highest BCUT2D eigenvalue weighted by Crippen LogP contribution is 2.38. The van der Waals surface area contributed by atoms with Crippen molar-refractivity contribution >= 4 is 8.32 Å². The molecule has 0 fully saturated rings. The van der Waals surface area contributed by atoms with E-state index in [0.29, 0.717) is 19.6 Å². The summed E-state index contributed by atoms with van der Waals surface area (Å²) in [5, 5.41) is 19.6. The normalized spacial score (nSPS) is 17.1. The van der Waals surface area contributed by atoms with Gasteiger partial charge in [-0.2, -0.15) is 0 Å². The van der Waals surface area contributed by atoms with Crippen LogP contribution in [-0.4, -0.2) is 50.6 Å². The third-order valence-electron chi connectivity index (χ3n) is 6.12. The highest BCUT2D eigenvalue weighted by Gasteiger charge is 2.40. The van der Waals surface area contributed by atoms with E-state index in [2.05, 4.69) is 40.8 Å². The molecule has 1 aromatic rings. The minimum Gasteiger partial charge on any atom is -0.497 e. The summed E-state index contributed by atoms with van der Waals surface area (Å²) in [7, 11) is -0.232. The zero-order valence-corrected chi connectivity index (χ0v) is 19.9. The third kappa shape index (κ3) is 7.15. The third-order valence-corrected chi connectivity index (χ3v) is 10.6. The van der Waals surface area contributed by atoms with Crippen LogP contribution in [0, 0.1) is 5.92 Å². The summed E-state index contributed by atoms with van der Waals surface area (Å²) < 4.78 is 17.9. The summed E-state index contributed by atoms with van der Waals surface area (Å²) in [6.07, 6.45) is -0.474. The molecule has 0 aliphatic carbocycles. The molecule has 0 bridgehead atoms. The maximum absolute atomic E-state index is 10.1. The van der Waals surface area contributed by atoms with Gasteiger partial charge in [0, 0.05) is 18.9 Å². The first-order chi connectivity index (χ1) is 12.8. The zero-order chi connectivity index (χ0) is 21.6. The molecule has 6 heteroatoms. The number of hydrogen-bond donors (Lipinski definition) is 2. The molecule has 0 saturated carbocycles. The molecule has 3 atom stereocenters. The summed E-state index contributed by atoms with van der Waals surface area (Å²) in [4.78, 5) is 0. The molecule has 0 unspecified atom stereocenters. The Kier molecular flexibility index (Phi) is 9.16. The Labute approximate surface area is 172 Å². The van der Waals surface area contributed by atoms with Crippen molar-refractivity contribution in [1.82, 2.24) is 0 Å². The van der Waals surface area contributed by atoms with Gasteiger partial charge in [0.1, 0.15) is 5.75 Å². The molecule has 0 radical (unpaired) electrons. The van der Waals surface area contributed by atoms with Gasteiger partial charge in [0.05, 0.1) is 32.0 Å². The van der Waals surface area contributed by atoms with E-state index >= 15 is 0 Å². The van der Waals surface area contributed by atoms with E-state index in [9.17, 15) is 10.2 Å². The van der Waals surface area contributed by atoms with Gasteiger partial charge in [-0.15, -0.1) is 0 Å². The molecule has 1 rings (SSSR count). The molecule has 0 aliphatic heterocycles. The van der Waals surface area contributed by atoms with Gasteiger partial charge in [0.25, 0.3) is 0 Å². The fourth-order valence-electron chi connectivity index (χ4n) is 2.63. The Balaban J connectivity index is 2.86. The molecular weight excluding hydrogens is 372 g/mol. The fourth-order valence-corrected chi connectivity index (χ4v) is 3.73. The molecule has 0 heterocycles. The van der Waals surface area contributed by atoms with Crippen LogP contribution < -0.4 is 4.74 Å². The van der Waals surface area contributed by atoms with E-state index in [1.54, 1.807) is 7.11 Å². The number of methoxy groups -OCH3 is 1. The molecule has 0 amide bonds. The SMILES string of the molecule is COc1ccc(CO[C@](C)(C[C@H](O)CO)[C@@H](C)CO[Si](C)(C)C(C)(C)C)cc1. The maximum atomic E-state index is 10.1. The highest BCUT2D eigenvalue weighted by molar-refractivity contribution is 6.74. The van der Waals surface area contributed by atoms with Crippen LogP contribution in [0.2, 0.25) is 18.1 Å². The van der Waals surface area contributed by atoms with Crippen molar-refractivity contribution < 1.29 is 24.1 Å². The van der Waals surface area contributed by atoms with Crippen LogP contribution >= 0.6 is 0 Å². The molecule has 28 heavy (non-hydrogen) atoms. The number of hydrogen-bond acceptors (Lipinski definition) is 5. The van der Waals surface area contributed by atoms with Crippen molar-refractivity contribution in [2.45, 2.75) is 77.5 Å². The van der Waals surface area contributed by atoms with Gasteiger partial charge in [0.2, 0.25) is 0 Å². The summed E-state index contributed by atoms with van der Waals surface area (Å²) in [6, 6.07) is 7.75. The largest absolute Gasteiger partial charge is 0.497 e. The first-order valence-electron chi connectivity index (χ1n) is 10.0. The van der Waals surface area contributed by atoms with E-state index in [1.165, 1.54) is 0 Å². The predicted octanol–water partition coefficient (Wildman–Crippen LogP) is 4.37. The molecular formula is C22H40O5Si. The van der Waals surface area contributed by atoms with Crippen molar-refractivity contribution in [3.05, 3.63) is 29.8 Å². The molecule has 162 valence electrons. The number of rotatable bonds is 11. The zero-order valence-electron chi connectivity index (χ0n) is 18.9. The van der Waals surface area contributed by atoms with Gasteiger partial charge in [-0.1, -0.05) is 39.8 Å². The summed E-state index contributed by atoms with van der Waals surface area (Å²) >= 11 is 0. The highest BCUT2D eigenvalue weighted by atomic mass is 28.4. The summed E-state index contributed by atoms with van der Waals surface area (Å²) in [5.74, 6) is 0.861. The maximum Gasteiger partial charge on any atom is 0.191 e. The first-order valence-corrected chi connectivity index (χ1v) is 12.9. The van der Waals surface area contributed by atoms with Crippen LogP contribution in [0.15, 0.2) is 24.3 Å². The van der Waals surface area contributed by atoms with E-state index < -0.39 is 20.0 Å². The van der Waals surface area contributed by atoms with Gasteiger partial charge in [-0.3, -0.25) is 0 Å². The molecule has 1 aromatic carbocycles. The summed E-state index contributed by atoms with van der Waals surface area (Å²) in [5.41, 5.74) is 0.410. The fraction of sp³-hybridized carbons (Fsp3) is 0.727. The molecule has 0 spiro atoms. The Morgan fingerprint density at radius 1 is 1.07 bits per heavy atom. The van der Waals surface area contributed by atoms with Gasteiger partial charge in [-0.25, -0.2) is 0 Å². The van der Waals surface area contributed by atoms with Crippen LogP contribution in [0.25, 0.3) is 0 Å². The van der Waals surface area contributed by atoms with Crippen molar-refractivity contribution in [1.29, 1.82) is 0 Å². The minimum absolute atomic E-state index is 0.0565. The number of aliphatic hydroxyl groups excluding tert-OH is 2. The van der Waals surface area contributed by atoms with Crippen molar-refractivity contribution in [2.75, 3.05) is 20.3 Å². The van der Waals surface area contributed by atoms with Gasteiger partial charge < -0.3 is 24.1 Å². The quantitative estimate of drug-likeness (QED) is 0.528. The van der Waals surface area contributed by atoms with Crippen LogP contribution in [0.5, 0.6) is 5.75 Å². The number of benzene rings is 1. The molecule has 0 aliphatic rings. The average Bonchev–Trinajstić information content (AvgIpc) is 2.63. The molecule has 2 N–H and O–H groups in total. The second kappa shape index (κ2) is 10.2. The topological polar surface area (TPSA) is 68.2 Å². The monoisotopic (exact) mass is 412 g/mol. The van der Waals surface area contributed by atoms with Crippen molar-refractivity contribution in [3.63, 3.8) is 0 Å². The average molecular weight is 413 g/mol. The Bertz CT molecular complexity index is 582. The lowest BCUT2D eigenvalue weighted by atomic mass is 9.85. The number of aliphatic hydroxyl groups is 2. The van der Waals surface area contributed by atoms with Gasteiger partial charge >= 0.3 is 0 Å². The lowest BCUT2D eigenvalue weighted by molar-refractivity contribution is -0.117. The van der Waals surface area contributed by atoms with Gasteiger partial charge in [0.15, 0.2) is 8.32 Å². The van der Waals surface area contributed by atoms with E-state index in [1.807, 2.05) is 31.2 Å².